The van der Waals surface area contributed by atoms with E-state index in [2.05, 4.69) is 6.92 Å². The lowest BCUT2D eigenvalue weighted by molar-refractivity contribution is -0.151. The van der Waals surface area contributed by atoms with Crippen LogP contribution in [0.25, 0.3) is 0 Å². The van der Waals surface area contributed by atoms with Crippen molar-refractivity contribution in [3.05, 3.63) is 22.8 Å². The Kier molecular flexibility index (Phi) is 3.71. The van der Waals surface area contributed by atoms with Gasteiger partial charge < -0.3 is 14.6 Å². The van der Waals surface area contributed by atoms with E-state index >= 15 is 0 Å². The molecule has 0 bridgehead atoms. The van der Waals surface area contributed by atoms with E-state index in [1.54, 1.807) is 6.92 Å². The van der Waals surface area contributed by atoms with Gasteiger partial charge in [-0.25, -0.2) is 4.79 Å². The van der Waals surface area contributed by atoms with Crippen LogP contribution in [0.15, 0.2) is 22.8 Å². The summed E-state index contributed by atoms with van der Waals surface area (Å²) in [6.07, 6.45) is 3.00. The Balaban J connectivity index is 1.70. The Morgan fingerprint density at radius 3 is 2.46 bits per heavy atom. The van der Waals surface area contributed by atoms with Crippen LogP contribution in [0.4, 0.5) is 0 Å². The fourth-order valence-electron chi connectivity index (χ4n) is 5.77. The number of carbonyl (C=O) groups excluding carboxylic acids is 3. The second-order valence-electron chi connectivity index (χ2n) is 8.47. The van der Waals surface area contributed by atoms with Gasteiger partial charge in [0.25, 0.3) is 0 Å². The number of aliphatic hydroxyl groups excluding tert-OH is 1. The van der Waals surface area contributed by atoms with E-state index in [4.69, 9.17) is 9.47 Å². The van der Waals surface area contributed by atoms with Crippen LogP contribution in [0.3, 0.4) is 0 Å². The third-order valence-corrected chi connectivity index (χ3v) is 7.05. The summed E-state index contributed by atoms with van der Waals surface area (Å²) in [5, 5.41) is 9.81. The first-order valence-corrected chi connectivity index (χ1v) is 9.23. The van der Waals surface area contributed by atoms with E-state index in [0.29, 0.717) is 24.0 Å². The molecule has 2 aliphatic heterocycles. The molecule has 140 valence electrons. The number of carbonyl (C=O) groups is 3. The second kappa shape index (κ2) is 5.52. The smallest absolute Gasteiger partial charge is 0.333 e. The minimum Gasteiger partial charge on any atom is -0.453 e. The lowest BCUT2D eigenvalue weighted by Crippen LogP contribution is -2.52. The summed E-state index contributed by atoms with van der Waals surface area (Å²) in [5.74, 6) is -1.05. The molecule has 4 rings (SSSR count). The van der Waals surface area contributed by atoms with Gasteiger partial charge in [0, 0.05) is 17.6 Å². The summed E-state index contributed by atoms with van der Waals surface area (Å²) >= 11 is 0. The molecule has 2 aliphatic carbocycles. The zero-order valence-corrected chi connectivity index (χ0v) is 15.3. The summed E-state index contributed by atoms with van der Waals surface area (Å²) < 4.78 is 10.3. The summed E-state index contributed by atoms with van der Waals surface area (Å²) in [6, 6.07) is 0. The average molecular weight is 360 g/mol. The number of rotatable bonds is 3. The van der Waals surface area contributed by atoms with Gasteiger partial charge in [-0.3, -0.25) is 9.59 Å². The highest BCUT2D eigenvalue weighted by Crippen LogP contribution is 2.63. The van der Waals surface area contributed by atoms with Gasteiger partial charge in [-0.05, 0) is 50.5 Å². The number of hydrogen-bond acceptors (Lipinski definition) is 6. The molecule has 2 heterocycles. The second-order valence-corrected chi connectivity index (χ2v) is 8.47. The third kappa shape index (κ3) is 2.17. The van der Waals surface area contributed by atoms with Crippen molar-refractivity contribution in [2.45, 2.75) is 65.3 Å². The largest absolute Gasteiger partial charge is 0.453 e. The molecule has 4 aliphatic rings. The highest BCUT2D eigenvalue weighted by molar-refractivity contribution is 6.04. The quantitative estimate of drug-likeness (QED) is 0.776. The Hall–Kier alpha value is -1.95. The number of hydrogen-bond donors (Lipinski definition) is 1. The number of ketones is 1. The van der Waals surface area contributed by atoms with Gasteiger partial charge in [0.2, 0.25) is 6.29 Å². The minimum absolute atomic E-state index is 0.102. The van der Waals surface area contributed by atoms with E-state index in [1.165, 1.54) is 6.08 Å². The Bertz CT molecular complexity index is 777. The van der Waals surface area contributed by atoms with Gasteiger partial charge in [-0.2, -0.15) is 0 Å². The molecule has 6 heteroatoms. The van der Waals surface area contributed by atoms with Crippen LogP contribution in [0.1, 0.15) is 52.9 Å². The van der Waals surface area contributed by atoms with E-state index in [9.17, 15) is 19.5 Å². The number of Topliss-reactive ketones (excluding diaryl/α,β-unsaturated/α-hetero) is 1. The molecule has 0 aromatic carbocycles. The monoisotopic (exact) mass is 360 g/mol. The van der Waals surface area contributed by atoms with E-state index in [-0.39, 0.29) is 23.1 Å². The van der Waals surface area contributed by atoms with Gasteiger partial charge in [0.05, 0.1) is 5.41 Å². The molecular weight excluding hydrogens is 336 g/mol. The van der Waals surface area contributed by atoms with Crippen LogP contribution in [-0.2, 0) is 23.9 Å². The van der Waals surface area contributed by atoms with Crippen LogP contribution in [0, 0.1) is 16.7 Å². The lowest BCUT2D eigenvalue weighted by atomic mass is 9.49. The maximum Gasteiger partial charge on any atom is 0.333 e. The van der Waals surface area contributed by atoms with Crippen LogP contribution >= 0.6 is 0 Å². The first-order chi connectivity index (χ1) is 12.2. The standard InChI is InChI=1S/C20H24O6/c1-10-12(6-5-11-9-13(21)25-17(11)23)19(2)7-4-8-20(3)16(19)15(14(10)22)26-18(20)24/h9,15-17,23H,4-8H2,1-3H3/t15?,16-,17?,19-,20+/m1/s1. The molecule has 6 nitrogen and oxygen atoms in total. The van der Waals surface area contributed by atoms with Crippen molar-refractivity contribution in [1.82, 2.24) is 0 Å². The zero-order valence-electron chi connectivity index (χ0n) is 15.3. The predicted molar refractivity (Wildman–Crippen MR) is 90.6 cm³/mol. The topological polar surface area (TPSA) is 89.9 Å². The number of esters is 2. The molecular formula is C20H24O6. The normalized spacial score (nSPS) is 41.8. The molecule has 1 saturated heterocycles. The van der Waals surface area contributed by atoms with Gasteiger partial charge in [-0.15, -0.1) is 0 Å². The Morgan fingerprint density at radius 2 is 1.81 bits per heavy atom. The van der Waals surface area contributed by atoms with Crippen LogP contribution < -0.4 is 0 Å². The molecule has 0 spiro atoms. The molecule has 2 fully saturated rings. The SMILES string of the molecule is CC1=C(CCC2=CC(=O)OC2O)[C@@]2(C)CCC[C@]3(C)C(=O)OC(C1=O)[C@@H]32. The van der Waals surface area contributed by atoms with E-state index < -0.39 is 23.8 Å². The van der Waals surface area contributed by atoms with Gasteiger partial charge >= 0.3 is 11.9 Å². The summed E-state index contributed by atoms with van der Waals surface area (Å²) in [5.41, 5.74) is 1.31. The van der Waals surface area contributed by atoms with E-state index in [1.807, 2.05) is 6.92 Å². The number of cyclic esters (lactones) is 1. The molecule has 1 N–H and O–H groups in total. The van der Waals surface area contributed by atoms with Crippen LogP contribution in [0.2, 0.25) is 0 Å². The fourth-order valence-corrected chi connectivity index (χ4v) is 5.77. The minimum atomic E-state index is -1.20. The number of ether oxygens (including phenoxy) is 2. The maximum absolute atomic E-state index is 12.9. The average Bonchev–Trinajstić information content (AvgIpc) is 3.03. The van der Waals surface area contributed by atoms with E-state index in [0.717, 1.165) is 24.8 Å². The zero-order chi connectivity index (χ0) is 18.9. The molecule has 0 aromatic rings. The van der Waals surface area contributed by atoms with Gasteiger partial charge in [0.15, 0.2) is 11.9 Å². The molecule has 0 aromatic heterocycles. The first-order valence-electron chi connectivity index (χ1n) is 9.23. The summed E-state index contributed by atoms with van der Waals surface area (Å²) in [6.45, 7) is 5.87. The predicted octanol–water partition coefficient (Wildman–Crippen LogP) is 2.21. The maximum atomic E-state index is 12.9. The fraction of sp³-hybridized carbons (Fsp3) is 0.650. The highest BCUT2D eigenvalue weighted by Gasteiger charge is 2.66. The Labute approximate surface area is 152 Å². The van der Waals surface area contributed by atoms with Crippen molar-refractivity contribution in [3.63, 3.8) is 0 Å². The van der Waals surface area contributed by atoms with Crippen molar-refractivity contribution in [2.75, 3.05) is 0 Å². The Morgan fingerprint density at radius 1 is 1.12 bits per heavy atom. The van der Waals surface area contributed by atoms with Crippen molar-refractivity contribution in [2.24, 2.45) is 16.7 Å². The van der Waals surface area contributed by atoms with Crippen molar-refractivity contribution >= 4 is 17.7 Å². The van der Waals surface area contributed by atoms with Crippen molar-refractivity contribution < 1.29 is 29.0 Å². The van der Waals surface area contributed by atoms with Crippen molar-refractivity contribution in [3.8, 4) is 0 Å². The molecule has 2 unspecified atom stereocenters. The highest BCUT2D eigenvalue weighted by atomic mass is 16.6. The van der Waals surface area contributed by atoms with Crippen molar-refractivity contribution in [1.29, 1.82) is 0 Å². The molecule has 5 atom stereocenters. The molecule has 26 heavy (non-hydrogen) atoms. The summed E-state index contributed by atoms with van der Waals surface area (Å²) in [4.78, 5) is 36.8. The van der Waals surface area contributed by atoms with Gasteiger partial charge in [-0.1, -0.05) is 18.9 Å². The first kappa shape index (κ1) is 17.5. The van der Waals surface area contributed by atoms with Crippen LogP contribution in [-0.4, -0.2) is 35.2 Å². The molecule has 0 radical (unpaired) electrons. The van der Waals surface area contributed by atoms with Crippen LogP contribution in [0.5, 0.6) is 0 Å². The number of allylic oxidation sites excluding steroid dienone is 1. The third-order valence-electron chi connectivity index (χ3n) is 7.05. The lowest BCUT2D eigenvalue weighted by Gasteiger charge is -2.51. The summed E-state index contributed by atoms with van der Waals surface area (Å²) in [7, 11) is 0. The molecule has 1 saturated carbocycles. The number of aliphatic hydroxyl groups is 1. The van der Waals surface area contributed by atoms with Gasteiger partial charge in [0.1, 0.15) is 0 Å². The molecule has 0 amide bonds.